The standard InChI is InChI=1S/C25H33N5O4/c1-4-6-19-21-22(30(3)28-19)25(32)27-23(26-21)18-14-16(9-12-20(18)34-5-2)13-15-7-10-17(11-8-15)24(31)29-33/h9,12,14-15,17,33H,4-8,10-11,13H2,1-3H3,(H,29,31)(H,26,27,32)/t15-,17-. The Hall–Kier alpha value is -3.20. The number of aromatic amines is 1. The van der Waals surface area contributed by atoms with Crippen LogP contribution in [0.5, 0.6) is 5.75 Å². The van der Waals surface area contributed by atoms with E-state index in [1.165, 1.54) is 0 Å². The average Bonchev–Trinajstić information content (AvgIpc) is 3.16. The Labute approximate surface area is 198 Å². The summed E-state index contributed by atoms with van der Waals surface area (Å²) >= 11 is 0. The van der Waals surface area contributed by atoms with Gasteiger partial charge in [-0.1, -0.05) is 19.4 Å². The lowest BCUT2D eigenvalue weighted by Gasteiger charge is -2.27. The predicted molar refractivity (Wildman–Crippen MR) is 129 cm³/mol. The first-order chi connectivity index (χ1) is 16.4. The molecule has 1 amide bonds. The summed E-state index contributed by atoms with van der Waals surface area (Å²) in [5.74, 6) is 1.21. The van der Waals surface area contributed by atoms with Gasteiger partial charge in [0.15, 0.2) is 5.52 Å². The number of hydroxylamine groups is 1. The fourth-order valence-electron chi connectivity index (χ4n) is 5.00. The van der Waals surface area contributed by atoms with Crippen molar-refractivity contribution in [1.82, 2.24) is 25.2 Å². The lowest BCUT2D eigenvalue weighted by atomic mass is 9.79. The summed E-state index contributed by atoms with van der Waals surface area (Å²) < 4.78 is 7.47. The van der Waals surface area contributed by atoms with Crippen molar-refractivity contribution >= 4 is 16.9 Å². The number of nitrogens with one attached hydrogen (secondary N) is 2. The molecule has 1 fully saturated rings. The number of carbonyl (C=O) groups is 1. The Morgan fingerprint density at radius 3 is 2.71 bits per heavy atom. The summed E-state index contributed by atoms with van der Waals surface area (Å²) in [6.45, 7) is 4.51. The van der Waals surface area contributed by atoms with Crippen LogP contribution >= 0.6 is 0 Å². The van der Waals surface area contributed by atoms with Crippen LogP contribution in [0.2, 0.25) is 0 Å². The highest BCUT2D eigenvalue weighted by Crippen LogP contribution is 2.34. The van der Waals surface area contributed by atoms with Gasteiger partial charge in [0.2, 0.25) is 5.91 Å². The second-order valence-electron chi connectivity index (χ2n) is 9.09. The van der Waals surface area contributed by atoms with E-state index in [1.807, 2.05) is 13.0 Å². The monoisotopic (exact) mass is 467 g/mol. The van der Waals surface area contributed by atoms with Gasteiger partial charge >= 0.3 is 0 Å². The van der Waals surface area contributed by atoms with Crippen LogP contribution in [0.4, 0.5) is 0 Å². The molecular formula is C25H33N5O4. The molecule has 0 aliphatic heterocycles. The molecule has 0 unspecified atom stereocenters. The zero-order valence-corrected chi connectivity index (χ0v) is 20.1. The molecular weight excluding hydrogens is 434 g/mol. The number of nitrogens with zero attached hydrogens (tertiary/aromatic N) is 3. The van der Waals surface area contributed by atoms with E-state index in [4.69, 9.17) is 14.9 Å². The second-order valence-corrected chi connectivity index (χ2v) is 9.09. The first kappa shape index (κ1) is 23.9. The van der Waals surface area contributed by atoms with Crippen LogP contribution in [-0.4, -0.2) is 37.5 Å². The third-order valence-electron chi connectivity index (χ3n) is 6.70. The van der Waals surface area contributed by atoms with Gasteiger partial charge in [0.1, 0.15) is 17.1 Å². The minimum absolute atomic E-state index is 0.116. The van der Waals surface area contributed by atoms with E-state index in [9.17, 15) is 9.59 Å². The fourth-order valence-corrected chi connectivity index (χ4v) is 5.00. The number of ether oxygens (including phenoxy) is 1. The van der Waals surface area contributed by atoms with Crippen LogP contribution in [-0.2, 0) is 24.7 Å². The summed E-state index contributed by atoms with van der Waals surface area (Å²) in [7, 11) is 1.77. The van der Waals surface area contributed by atoms with Crippen LogP contribution in [0, 0.1) is 11.8 Å². The largest absolute Gasteiger partial charge is 0.493 e. The number of rotatable bonds is 8. The number of aryl methyl sites for hydroxylation is 2. The highest BCUT2D eigenvalue weighted by Gasteiger charge is 2.26. The van der Waals surface area contributed by atoms with Gasteiger partial charge in [0, 0.05) is 13.0 Å². The van der Waals surface area contributed by atoms with Gasteiger partial charge in [0.25, 0.3) is 5.56 Å². The van der Waals surface area contributed by atoms with Crippen LogP contribution < -0.4 is 15.8 Å². The zero-order valence-electron chi connectivity index (χ0n) is 20.1. The van der Waals surface area contributed by atoms with Crippen molar-refractivity contribution in [2.75, 3.05) is 6.61 Å². The maximum absolute atomic E-state index is 12.9. The van der Waals surface area contributed by atoms with Crippen molar-refractivity contribution in [2.45, 2.75) is 58.8 Å². The molecule has 0 bridgehead atoms. The van der Waals surface area contributed by atoms with Crippen LogP contribution in [0.15, 0.2) is 23.0 Å². The molecule has 34 heavy (non-hydrogen) atoms. The summed E-state index contributed by atoms with van der Waals surface area (Å²) in [6.07, 6.45) is 5.94. The molecule has 2 aromatic heterocycles. The van der Waals surface area contributed by atoms with Crippen LogP contribution in [0.1, 0.15) is 57.2 Å². The maximum atomic E-state index is 12.9. The SMILES string of the molecule is CCCc1nn(C)c2c(=O)[nH]c(-c3cc(C[C@H]4CC[C@H](C(=O)NO)CC4)ccc3OCC)nc12. The van der Waals surface area contributed by atoms with Crippen LogP contribution in [0.3, 0.4) is 0 Å². The average molecular weight is 468 g/mol. The molecule has 3 N–H and O–H groups in total. The van der Waals surface area contributed by atoms with E-state index < -0.39 is 0 Å². The highest BCUT2D eigenvalue weighted by atomic mass is 16.5. The normalized spacial score (nSPS) is 18.2. The number of aromatic nitrogens is 4. The van der Waals surface area contributed by atoms with Gasteiger partial charge in [-0.05, 0) is 69.1 Å². The lowest BCUT2D eigenvalue weighted by Crippen LogP contribution is -2.31. The summed E-state index contributed by atoms with van der Waals surface area (Å²) in [5.41, 5.74) is 5.40. The van der Waals surface area contributed by atoms with E-state index in [1.54, 1.807) is 17.2 Å². The predicted octanol–water partition coefficient (Wildman–Crippen LogP) is 3.53. The number of hydrogen-bond acceptors (Lipinski definition) is 6. The van der Waals surface area contributed by atoms with E-state index in [-0.39, 0.29) is 17.4 Å². The third-order valence-corrected chi connectivity index (χ3v) is 6.70. The van der Waals surface area contributed by atoms with Crippen LogP contribution in [0.25, 0.3) is 22.4 Å². The number of amides is 1. The maximum Gasteiger partial charge on any atom is 0.277 e. The molecule has 0 radical (unpaired) electrons. The Morgan fingerprint density at radius 1 is 1.26 bits per heavy atom. The minimum Gasteiger partial charge on any atom is -0.493 e. The molecule has 9 nitrogen and oxygen atoms in total. The van der Waals surface area contributed by atoms with Gasteiger partial charge in [-0.25, -0.2) is 10.5 Å². The molecule has 0 atom stereocenters. The molecule has 4 rings (SSSR count). The Morgan fingerprint density at radius 2 is 2.03 bits per heavy atom. The highest BCUT2D eigenvalue weighted by molar-refractivity contribution is 5.80. The molecule has 182 valence electrons. The fraction of sp³-hybridized carbons (Fsp3) is 0.520. The molecule has 0 spiro atoms. The van der Waals surface area contributed by atoms with E-state index in [2.05, 4.69) is 29.1 Å². The topological polar surface area (TPSA) is 122 Å². The van der Waals surface area contributed by atoms with Crippen molar-refractivity contribution in [3.63, 3.8) is 0 Å². The molecule has 1 aliphatic carbocycles. The Bertz CT molecular complexity index is 1220. The van der Waals surface area contributed by atoms with Gasteiger partial charge in [-0.15, -0.1) is 0 Å². The molecule has 1 aliphatic rings. The summed E-state index contributed by atoms with van der Waals surface area (Å²) in [5, 5.41) is 13.4. The van der Waals surface area contributed by atoms with Crippen molar-refractivity contribution < 1.29 is 14.7 Å². The van der Waals surface area contributed by atoms with Crippen molar-refractivity contribution in [3.8, 4) is 17.1 Å². The molecule has 3 aromatic rings. The summed E-state index contributed by atoms with van der Waals surface area (Å²) in [4.78, 5) is 32.4. The quantitative estimate of drug-likeness (QED) is 0.344. The third kappa shape index (κ3) is 4.84. The minimum atomic E-state index is -0.287. The lowest BCUT2D eigenvalue weighted by molar-refractivity contribution is -0.134. The first-order valence-electron chi connectivity index (χ1n) is 12.1. The van der Waals surface area contributed by atoms with Gasteiger partial charge < -0.3 is 9.72 Å². The zero-order chi connectivity index (χ0) is 24.2. The number of carbonyl (C=O) groups excluding carboxylic acids is 1. The second kappa shape index (κ2) is 10.4. The molecule has 1 aromatic carbocycles. The summed E-state index contributed by atoms with van der Waals surface area (Å²) in [6, 6.07) is 6.06. The van der Waals surface area contributed by atoms with Gasteiger partial charge in [0.05, 0.1) is 17.9 Å². The Kier molecular flexibility index (Phi) is 7.31. The molecule has 0 saturated heterocycles. The smallest absolute Gasteiger partial charge is 0.277 e. The number of H-pyrrole nitrogens is 1. The molecule has 9 heteroatoms. The molecule has 1 saturated carbocycles. The van der Waals surface area contributed by atoms with Crippen molar-refractivity contribution in [2.24, 2.45) is 18.9 Å². The van der Waals surface area contributed by atoms with E-state index >= 15 is 0 Å². The number of fused-ring (bicyclic) bond motifs is 1. The molecule has 2 heterocycles. The van der Waals surface area contributed by atoms with Crippen molar-refractivity contribution in [3.05, 3.63) is 39.8 Å². The van der Waals surface area contributed by atoms with Crippen molar-refractivity contribution in [1.29, 1.82) is 0 Å². The number of hydrogen-bond donors (Lipinski definition) is 3. The first-order valence-corrected chi connectivity index (χ1v) is 12.1. The van der Waals surface area contributed by atoms with Gasteiger partial charge in [-0.2, -0.15) is 5.10 Å². The van der Waals surface area contributed by atoms with E-state index in [0.29, 0.717) is 35.1 Å². The van der Waals surface area contributed by atoms with E-state index in [0.717, 1.165) is 61.8 Å². The Balaban J connectivity index is 1.66. The number of benzene rings is 1. The van der Waals surface area contributed by atoms with Gasteiger partial charge in [-0.3, -0.25) is 19.5 Å².